The average Bonchev–Trinajstić information content (AvgIpc) is 3.29. The summed E-state index contributed by atoms with van der Waals surface area (Å²) in [5.41, 5.74) is 2.61. The maximum atomic E-state index is 13.1. The Labute approximate surface area is 140 Å². The first-order valence-corrected chi connectivity index (χ1v) is 8.15. The van der Waals surface area contributed by atoms with Crippen molar-refractivity contribution in [3.63, 3.8) is 0 Å². The van der Waals surface area contributed by atoms with Gasteiger partial charge in [-0.25, -0.2) is 0 Å². The Morgan fingerprint density at radius 2 is 2.17 bits per heavy atom. The molecule has 1 atom stereocenters. The quantitative estimate of drug-likeness (QED) is 0.802. The number of rotatable bonds is 3. The topological polar surface area (TPSA) is 58.2 Å². The third-order valence-corrected chi connectivity index (χ3v) is 4.70. The van der Waals surface area contributed by atoms with E-state index in [4.69, 9.17) is 4.74 Å². The van der Waals surface area contributed by atoms with Gasteiger partial charge in [0.05, 0.1) is 30.4 Å². The summed E-state index contributed by atoms with van der Waals surface area (Å²) in [7, 11) is 1.66. The van der Waals surface area contributed by atoms with E-state index in [9.17, 15) is 4.79 Å². The second-order valence-corrected chi connectivity index (χ2v) is 6.07. The van der Waals surface area contributed by atoms with Crippen LogP contribution in [0.5, 0.6) is 5.75 Å². The van der Waals surface area contributed by atoms with E-state index >= 15 is 0 Å². The van der Waals surface area contributed by atoms with Crippen LogP contribution in [0.2, 0.25) is 0 Å². The minimum Gasteiger partial charge on any atom is -0.497 e. The van der Waals surface area contributed by atoms with Crippen molar-refractivity contribution in [3.8, 4) is 5.75 Å². The molecule has 2 heterocycles. The van der Waals surface area contributed by atoms with E-state index in [0.717, 1.165) is 41.6 Å². The fourth-order valence-electron chi connectivity index (χ4n) is 3.51. The van der Waals surface area contributed by atoms with Crippen LogP contribution >= 0.6 is 0 Å². The number of aromatic nitrogens is 2. The zero-order valence-corrected chi connectivity index (χ0v) is 13.5. The number of benzene rings is 2. The summed E-state index contributed by atoms with van der Waals surface area (Å²) in [6, 6.07) is 13.8. The highest BCUT2D eigenvalue weighted by Crippen LogP contribution is 2.35. The van der Waals surface area contributed by atoms with Crippen LogP contribution in [0.25, 0.3) is 10.9 Å². The van der Waals surface area contributed by atoms with Gasteiger partial charge in [0.1, 0.15) is 5.75 Å². The van der Waals surface area contributed by atoms with Crippen LogP contribution in [-0.4, -0.2) is 34.7 Å². The maximum absolute atomic E-state index is 13.1. The Morgan fingerprint density at radius 1 is 1.29 bits per heavy atom. The van der Waals surface area contributed by atoms with Gasteiger partial charge in [-0.3, -0.25) is 9.89 Å². The van der Waals surface area contributed by atoms with Gasteiger partial charge in [-0.2, -0.15) is 5.10 Å². The van der Waals surface area contributed by atoms with Gasteiger partial charge < -0.3 is 9.64 Å². The van der Waals surface area contributed by atoms with E-state index in [1.165, 1.54) is 0 Å². The van der Waals surface area contributed by atoms with Gasteiger partial charge in [-0.1, -0.05) is 24.3 Å². The number of amides is 1. The van der Waals surface area contributed by atoms with E-state index in [2.05, 4.69) is 16.3 Å². The standard InChI is InChI=1S/C19H19N3O2/c1-24-15-7-2-5-13(11-15)17-9-4-10-22(17)19(23)16-8-3-6-14-12-20-21-18(14)16/h2-3,5-8,11-12,17H,4,9-10H2,1H3,(H,20,21). The number of ether oxygens (including phenoxy) is 1. The molecule has 1 N–H and O–H groups in total. The number of methoxy groups -OCH3 is 1. The fourth-order valence-corrected chi connectivity index (χ4v) is 3.51. The van der Waals surface area contributed by atoms with Crippen LogP contribution in [0.3, 0.4) is 0 Å². The zero-order chi connectivity index (χ0) is 16.5. The van der Waals surface area contributed by atoms with Gasteiger partial charge in [0, 0.05) is 11.9 Å². The van der Waals surface area contributed by atoms with Crippen molar-refractivity contribution in [1.82, 2.24) is 15.1 Å². The lowest BCUT2D eigenvalue weighted by molar-refractivity contribution is 0.0737. The molecule has 0 spiro atoms. The fraction of sp³-hybridized carbons (Fsp3) is 0.263. The van der Waals surface area contributed by atoms with Crippen molar-refractivity contribution in [2.75, 3.05) is 13.7 Å². The molecule has 5 heteroatoms. The highest BCUT2D eigenvalue weighted by molar-refractivity contribution is 6.05. The van der Waals surface area contributed by atoms with Crippen LogP contribution in [0.4, 0.5) is 0 Å². The molecule has 0 bridgehead atoms. The van der Waals surface area contributed by atoms with Crippen LogP contribution < -0.4 is 4.74 Å². The lowest BCUT2D eigenvalue weighted by Crippen LogP contribution is -2.30. The van der Waals surface area contributed by atoms with Crippen molar-refractivity contribution in [1.29, 1.82) is 0 Å². The minimum atomic E-state index is 0.0511. The molecule has 1 saturated heterocycles. The summed E-state index contributed by atoms with van der Waals surface area (Å²) < 4.78 is 5.33. The monoisotopic (exact) mass is 321 g/mol. The second kappa shape index (κ2) is 6.00. The first kappa shape index (κ1) is 14.8. The molecular weight excluding hydrogens is 302 g/mol. The van der Waals surface area contributed by atoms with E-state index < -0.39 is 0 Å². The van der Waals surface area contributed by atoms with Crippen molar-refractivity contribution >= 4 is 16.8 Å². The van der Waals surface area contributed by atoms with E-state index in [1.807, 2.05) is 41.3 Å². The summed E-state index contributed by atoms with van der Waals surface area (Å²) in [4.78, 5) is 15.1. The van der Waals surface area contributed by atoms with Gasteiger partial charge in [0.2, 0.25) is 0 Å². The Bertz CT molecular complexity index is 887. The minimum absolute atomic E-state index is 0.0511. The number of hydrogen-bond acceptors (Lipinski definition) is 3. The van der Waals surface area contributed by atoms with Crippen molar-refractivity contribution < 1.29 is 9.53 Å². The second-order valence-electron chi connectivity index (χ2n) is 6.07. The maximum Gasteiger partial charge on any atom is 0.256 e. The number of aromatic amines is 1. The molecule has 4 rings (SSSR count). The molecule has 1 fully saturated rings. The number of fused-ring (bicyclic) bond motifs is 1. The molecule has 0 aliphatic carbocycles. The number of H-pyrrole nitrogens is 1. The molecular formula is C19H19N3O2. The SMILES string of the molecule is COc1cccc(C2CCCN2C(=O)c2cccc3cn[nH]c23)c1. The molecule has 122 valence electrons. The number of carbonyl (C=O) groups excluding carboxylic acids is 1. The van der Waals surface area contributed by atoms with Gasteiger partial charge in [-0.15, -0.1) is 0 Å². The van der Waals surface area contributed by atoms with Crippen LogP contribution in [0, 0.1) is 0 Å². The molecule has 1 aliphatic heterocycles. The molecule has 1 unspecified atom stereocenters. The predicted octanol–water partition coefficient (Wildman–Crippen LogP) is 3.55. The van der Waals surface area contributed by atoms with E-state index in [0.29, 0.717) is 5.56 Å². The Hall–Kier alpha value is -2.82. The number of nitrogens with one attached hydrogen (secondary N) is 1. The molecule has 1 aliphatic rings. The molecule has 0 radical (unpaired) electrons. The number of likely N-dealkylation sites (tertiary alicyclic amines) is 1. The van der Waals surface area contributed by atoms with Crippen LogP contribution in [0.15, 0.2) is 48.7 Å². The van der Waals surface area contributed by atoms with Crippen molar-refractivity contribution in [2.24, 2.45) is 0 Å². The molecule has 0 saturated carbocycles. The molecule has 5 nitrogen and oxygen atoms in total. The third-order valence-electron chi connectivity index (χ3n) is 4.70. The summed E-state index contributed by atoms with van der Waals surface area (Å²) in [5.74, 6) is 0.873. The normalized spacial score (nSPS) is 17.4. The Morgan fingerprint density at radius 3 is 3.04 bits per heavy atom. The Balaban J connectivity index is 1.69. The number of carbonyl (C=O) groups is 1. The van der Waals surface area contributed by atoms with Crippen LogP contribution in [-0.2, 0) is 0 Å². The molecule has 1 amide bonds. The van der Waals surface area contributed by atoms with Gasteiger partial charge in [0.25, 0.3) is 5.91 Å². The van der Waals surface area contributed by atoms with Crippen molar-refractivity contribution in [2.45, 2.75) is 18.9 Å². The number of hydrogen-bond donors (Lipinski definition) is 1. The van der Waals surface area contributed by atoms with Gasteiger partial charge in [-0.05, 0) is 36.6 Å². The molecule has 3 aromatic rings. The highest BCUT2D eigenvalue weighted by atomic mass is 16.5. The van der Waals surface area contributed by atoms with E-state index in [1.54, 1.807) is 13.3 Å². The smallest absolute Gasteiger partial charge is 0.256 e. The average molecular weight is 321 g/mol. The molecule has 2 aromatic carbocycles. The number of para-hydroxylation sites is 1. The first-order chi connectivity index (χ1) is 11.8. The van der Waals surface area contributed by atoms with Gasteiger partial charge >= 0.3 is 0 Å². The summed E-state index contributed by atoms with van der Waals surface area (Å²) >= 11 is 0. The largest absolute Gasteiger partial charge is 0.497 e. The molecule has 1 aromatic heterocycles. The molecule has 24 heavy (non-hydrogen) atoms. The van der Waals surface area contributed by atoms with E-state index in [-0.39, 0.29) is 11.9 Å². The summed E-state index contributed by atoms with van der Waals surface area (Å²) in [5, 5.41) is 7.96. The Kier molecular flexibility index (Phi) is 3.69. The lowest BCUT2D eigenvalue weighted by atomic mass is 10.0. The summed E-state index contributed by atoms with van der Waals surface area (Å²) in [6.07, 6.45) is 3.72. The van der Waals surface area contributed by atoms with Crippen LogP contribution in [0.1, 0.15) is 34.8 Å². The van der Waals surface area contributed by atoms with Gasteiger partial charge in [0.15, 0.2) is 0 Å². The third kappa shape index (κ3) is 2.42. The first-order valence-electron chi connectivity index (χ1n) is 8.15. The number of nitrogens with zero attached hydrogens (tertiary/aromatic N) is 2. The van der Waals surface area contributed by atoms with Crippen molar-refractivity contribution in [3.05, 3.63) is 59.8 Å². The highest BCUT2D eigenvalue weighted by Gasteiger charge is 2.31. The zero-order valence-electron chi connectivity index (χ0n) is 13.5. The summed E-state index contributed by atoms with van der Waals surface area (Å²) in [6.45, 7) is 0.769. The lowest BCUT2D eigenvalue weighted by Gasteiger charge is -2.25. The predicted molar refractivity (Wildman–Crippen MR) is 92.1 cm³/mol.